The molecule has 0 spiro atoms. The van der Waals surface area contributed by atoms with Crippen molar-refractivity contribution in [2.75, 3.05) is 0 Å². The summed E-state index contributed by atoms with van der Waals surface area (Å²) in [4.78, 5) is 0. The third kappa shape index (κ3) is 0.930. The highest BCUT2D eigenvalue weighted by atomic mass is 35.5. The Bertz CT molecular complexity index is 615. The molecule has 3 rings (SSSR count). The Kier molecular flexibility index (Phi) is 1.49. The molecule has 0 saturated carbocycles. The van der Waals surface area contributed by atoms with Crippen LogP contribution >= 0.6 is 11.6 Å². The van der Waals surface area contributed by atoms with Gasteiger partial charge >= 0.3 is 0 Å². The molecule has 0 radical (unpaired) electrons. The number of hydrogen-bond donors (Lipinski definition) is 0. The average molecular weight is 204 g/mol. The van der Waals surface area contributed by atoms with Gasteiger partial charge in [0.05, 0.1) is 5.52 Å². The van der Waals surface area contributed by atoms with Crippen molar-refractivity contribution in [3.63, 3.8) is 0 Å². The quantitative estimate of drug-likeness (QED) is 0.562. The molecule has 0 N–H and O–H groups in total. The molecular formula is C10H6ClN3. The first-order chi connectivity index (χ1) is 6.86. The van der Waals surface area contributed by atoms with E-state index in [1.165, 1.54) is 0 Å². The minimum atomic E-state index is 0.400. The third-order valence-electron chi connectivity index (χ3n) is 2.24. The molecule has 0 bridgehead atoms. The van der Waals surface area contributed by atoms with Gasteiger partial charge in [0.2, 0.25) is 5.28 Å². The highest BCUT2D eigenvalue weighted by molar-refractivity contribution is 6.29. The van der Waals surface area contributed by atoms with Gasteiger partial charge < -0.3 is 0 Å². The number of rotatable bonds is 0. The second-order valence-corrected chi connectivity index (χ2v) is 3.39. The molecular weight excluding hydrogens is 198 g/mol. The smallest absolute Gasteiger partial charge is 0.229 e. The van der Waals surface area contributed by atoms with Crippen LogP contribution in [-0.4, -0.2) is 14.6 Å². The van der Waals surface area contributed by atoms with Crippen molar-refractivity contribution in [3.8, 4) is 0 Å². The number of halogens is 1. The summed E-state index contributed by atoms with van der Waals surface area (Å²) in [6, 6.07) is 11.9. The number of pyridine rings is 1. The van der Waals surface area contributed by atoms with Gasteiger partial charge in [-0.15, -0.1) is 10.2 Å². The van der Waals surface area contributed by atoms with Crippen LogP contribution in [0.5, 0.6) is 0 Å². The zero-order chi connectivity index (χ0) is 9.54. The van der Waals surface area contributed by atoms with E-state index in [9.17, 15) is 0 Å². The zero-order valence-corrected chi connectivity index (χ0v) is 7.94. The van der Waals surface area contributed by atoms with Crippen LogP contribution in [0.3, 0.4) is 0 Å². The van der Waals surface area contributed by atoms with Crippen molar-refractivity contribution in [1.82, 2.24) is 14.6 Å². The lowest BCUT2D eigenvalue weighted by Crippen LogP contribution is -1.87. The first-order valence-electron chi connectivity index (χ1n) is 4.25. The molecule has 3 nitrogen and oxygen atoms in total. The van der Waals surface area contributed by atoms with Gasteiger partial charge in [0.15, 0.2) is 5.65 Å². The molecule has 0 saturated heterocycles. The lowest BCUT2D eigenvalue weighted by Gasteiger charge is -2.00. The summed E-state index contributed by atoms with van der Waals surface area (Å²) < 4.78 is 1.83. The Morgan fingerprint density at radius 2 is 1.86 bits per heavy atom. The molecule has 0 aliphatic carbocycles. The SMILES string of the molecule is Clc1nnc2ccc3ccccc3n12. The predicted octanol–water partition coefficient (Wildman–Crippen LogP) is 2.54. The normalized spacial score (nSPS) is 11.2. The molecule has 14 heavy (non-hydrogen) atoms. The number of nitrogens with zero attached hydrogens (tertiary/aromatic N) is 3. The molecule has 0 fully saturated rings. The molecule has 4 heteroatoms. The summed E-state index contributed by atoms with van der Waals surface area (Å²) >= 11 is 5.94. The van der Waals surface area contributed by atoms with Crippen molar-refractivity contribution in [1.29, 1.82) is 0 Å². The van der Waals surface area contributed by atoms with Crippen molar-refractivity contribution in [2.24, 2.45) is 0 Å². The second-order valence-electron chi connectivity index (χ2n) is 3.05. The van der Waals surface area contributed by atoms with E-state index in [0.29, 0.717) is 5.28 Å². The number of aromatic nitrogens is 3. The maximum atomic E-state index is 5.94. The Morgan fingerprint density at radius 1 is 1.00 bits per heavy atom. The number of hydrogen-bond acceptors (Lipinski definition) is 2. The average Bonchev–Trinajstić information content (AvgIpc) is 2.61. The molecule has 3 aromatic rings. The van der Waals surface area contributed by atoms with E-state index in [1.807, 2.05) is 40.8 Å². The van der Waals surface area contributed by atoms with Crippen LogP contribution in [0, 0.1) is 0 Å². The Balaban J connectivity index is 2.65. The Morgan fingerprint density at radius 3 is 2.79 bits per heavy atom. The maximum absolute atomic E-state index is 5.94. The van der Waals surface area contributed by atoms with E-state index in [4.69, 9.17) is 11.6 Å². The van der Waals surface area contributed by atoms with Gasteiger partial charge in [-0.25, -0.2) is 0 Å². The number of fused-ring (bicyclic) bond motifs is 3. The first kappa shape index (κ1) is 7.76. The summed E-state index contributed by atoms with van der Waals surface area (Å²) in [5.74, 6) is 0. The van der Waals surface area contributed by atoms with E-state index in [1.54, 1.807) is 0 Å². The van der Waals surface area contributed by atoms with Gasteiger partial charge in [0.1, 0.15) is 0 Å². The highest BCUT2D eigenvalue weighted by Gasteiger charge is 2.04. The van der Waals surface area contributed by atoms with E-state index in [2.05, 4.69) is 10.2 Å². The third-order valence-corrected chi connectivity index (χ3v) is 2.48. The van der Waals surface area contributed by atoms with E-state index < -0.39 is 0 Å². The van der Waals surface area contributed by atoms with Crippen molar-refractivity contribution in [3.05, 3.63) is 41.7 Å². The molecule has 2 heterocycles. The topological polar surface area (TPSA) is 30.2 Å². The molecule has 0 amide bonds. The standard InChI is InChI=1S/C10H6ClN3/c11-10-13-12-9-6-5-7-3-1-2-4-8(7)14(9)10/h1-6H. The lowest BCUT2D eigenvalue weighted by molar-refractivity contribution is 1.11. The highest BCUT2D eigenvalue weighted by Crippen LogP contribution is 2.18. The Labute approximate surface area is 84.9 Å². The number of para-hydroxylation sites is 1. The van der Waals surface area contributed by atoms with Crippen LogP contribution in [0.2, 0.25) is 5.28 Å². The van der Waals surface area contributed by atoms with Crippen LogP contribution in [0.15, 0.2) is 36.4 Å². The Hall–Kier alpha value is -1.61. The first-order valence-corrected chi connectivity index (χ1v) is 4.62. The van der Waals surface area contributed by atoms with Crippen molar-refractivity contribution < 1.29 is 0 Å². The summed E-state index contributed by atoms with van der Waals surface area (Å²) in [7, 11) is 0. The van der Waals surface area contributed by atoms with Crippen LogP contribution in [-0.2, 0) is 0 Å². The largest absolute Gasteiger partial charge is 0.266 e. The van der Waals surface area contributed by atoms with Gasteiger partial charge in [0, 0.05) is 0 Å². The summed E-state index contributed by atoms with van der Waals surface area (Å²) in [5, 5.41) is 9.30. The van der Waals surface area contributed by atoms with Gasteiger partial charge in [0.25, 0.3) is 0 Å². The molecule has 2 aromatic heterocycles. The molecule has 1 aromatic carbocycles. The van der Waals surface area contributed by atoms with E-state index >= 15 is 0 Å². The fourth-order valence-corrected chi connectivity index (χ4v) is 1.82. The van der Waals surface area contributed by atoms with E-state index in [-0.39, 0.29) is 0 Å². The fourth-order valence-electron chi connectivity index (χ4n) is 1.60. The van der Waals surface area contributed by atoms with Gasteiger partial charge in [-0.2, -0.15) is 0 Å². The lowest BCUT2D eigenvalue weighted by atomic mass is 10.2. The summed E-state index contributed by atoms with van der Waals surface area (Å²) in [6.07, 6.45) is 0. The van der Waals surface area contributed by atoms with Crippen molar-refractivity contribution in [2.45, 2.75) is 0 Å². The second kappa shape index (κ2) is 2.69. The van der Waals surface area contributed by atoms with Crippen LogP contribution < -0.4 is 0 Å². The monoisotopic (exact) mass is 203 g/mol. The minimum absolute atomic E-state index is 0.400. The fraction of sp³-hybridized carbons (Fsp3) is 0. The molecule has 0 aliphatic rings. The predicted molar refractivity (Wildman–Crippen MR) is 55.5 cm³/mol. The van der Waals surface area contributed by atoms with E-state index in [0.717, 1.165) is 16.6 Å². The molecule has 0 unspecified atom stereocenters. The van der Waals surface area contributed by atoms with Gasteiger partial charge in [-0.3, -0.25) is 4.40 Å². The zero-order valence-electron chi connectivity index (χ0n) is 7.18. The van der Waals surface area contributed by atoms with Gasteiger partial charge in [-0.05, 0) is 35.2 Å². The van der Waals surface area contributed by atoms with Crippen molar-refractivity contribution >= 4 is 28.2 Å². The van der Waals surface area contributed by atoms with Crippen LogP contribution in [0.1, 0.15) is 0 Å². The summed E-state index contributed by atoms with van der Waals surface area (Å²) in [5.41, 5.74) is 1.80. The summed E-state index contributed by atoms with van der Waals surface area (Å²) in [6.45, 7) is 0. The number of benzene rings is 1. The minimum Gasteiger partial charge on any atom is -0.266 e. The van der Waals surface area contributed by atoms with Crippen LogP contribution in [0.25, 0.3) is 16.6 Å². The molecule has 0 atom stereocenters. The maximum Gasteiger partial charge on any atom is 0.229 e. The van der Waals surface area contributed by atoms with Crippen LogP contribution in [0.4, 0.5) is 0 Å². The van der Waals surface area contributed by atoms with Gasteiger partial charge in [-0.1, -0.05) is 18.2 Å². The molecule has 68 valence electrons. The molecule has 0 aliphatic heterocycles.